The average molecular weight is 451 g/mol. The minimum absolute atomic E-state index is 0.0211. The third-order valence-corrected chi connectivity index (χ3v) is 9.89. The molecule has 0 amide bonds. The van der Waals surface area contributed by atoms with Crippen LogP contribution in [0.3, 0.4) is 0 Å². The summed E-state index contributed by atoms with van der Waals surface area (Å²) in [5, 5.41) is 0. The van der Waals surface area contributed by atoms with Crippen LogP contribution >= 0.6 is 0 Å². The molecule has 178 valence electrons. The van der Waals surface area contributed by atoms with Crippen LogP contribution in [0.25, 0.3) is 0 Å². The van der Waals surface area contributed by atoms with E-state index in [1.54, 1.807) is 6.92 Å². The number of carbonyl (C=O) groups is 4. The quantitative estimate of drug-likeness (QED) is 0.449. The standard InChI is InChI=1S/C24H34O8/c1-14(30-18(28)24-12-10-22(7,16(26)32-24)20(24,4)5)8-13-29-17(27)23-11-9-21(6,15(25)31-23)19(23,2)3/h14H,8-13H2,1-7H3. The Morgan fingerprint density at radius 1 is 0.812 bits per heavy atom. The second-order valence-corrected chi connectivity index (χ2v) is 11.5. The van der Waals surface area contributed by atoms with Gasteiger partial charge in [-0.25, -0.2) is 9.59 Å². The molecule has 5 atom stereocenters. The molecule has 5 unspecified atom stereocenters. The second-order valence-electron chi connectivity index (χ2n) is 11.5. The predicted octanol–water partition coefficient (Wildman–Crippen LogP) is 3.10. The molecule has 4 rings (SSSR count). The first-order chi connectivity index (χ1) is 14.6. The second kappa shape index (κ2) is 6.48. The molecule has 0 aromatic rings. The summed E-state index contributed by atoms with van der Waals surface area (Å²) in [6.45, 7) is 12.9. The van der Waals surface area contributed by atoms with Crippen LogP contribution in [0.4, 0.5) is 0 Å². The zero-order valence-electron chi connectivity index (χ0n) is 20.1. The lowest BCUT2D eigenvalue weighted by atomic mass is 9.66. The van der Waals surface area contributed by atoms with Gasteiger partial charge in [0.25, 0.3) is 0 Å². The molecular weight excluding hydrogens is 416 g/mol. The molecule has 2 heterocycles. The van der Waals surface area contributed by atoms with E-state index in [1.165, 1.54) is 0 Å². The van der Waals surface area contributed by atoms with Crippen molar-refractivity contribution in [2.45, 2.75) is 97.9 Å². The molecule has 2 aliphatic heterocycles. The highest BCUT2D eigenvalue weighted by Crippen LogP contribution is 2.67. The Bertz CT molecular complexity index is 906. The lowest BCUT2D eigenvalue weighted by molar-refractivity contribution is -0.188. The average Bonchev–Trinajstić information content (AvgIpc) is 3.16. The maximum atomic E-state index is 13.0. The van der Waals surface area contributed by atoms with E-state index in [2.05, 4.69) is 0 Å². The van der Waals surface area contributed by atoms with Crippen molar-refractivity contribution in [3.05, 3.63) is 0 Å². The lowest BCUT2D eigenvalue weighted by Gasteiger charge is -2.35. The van der Waals surface area contributed by atoms with Crippen molar-refractivity contribution in [1.29, 1.82) is 0 Å². The van der Waals surface area contributed by atoms with E-state index in [4.69, 9.17) is 18.9 Å². The Morgan fingerprint density at radius 3 is 1.62 bits per heavy atom. The maximum absolute atomic E-state index is 13.0. The number of fused-ring (bicyclic) bond motifs is 4. The molecule has 2 aliphatic carbocycles. The Labute approximate surface area is 188 Å². The summed E-state index contributed by atoms with van der Waals surface area (Å²) < 4.78 is 22.2. The monoisotopic (exact) mass is 450 g/mol. The first kappa shape index (κ1) is 23.1. The fourth-order valence-electron chi connectivity index (χ4n) is 6.18. The number of esters is 4. The number of ether oxygens (including phenoxy) is 4. The molecule has 2 saturated heterocycles. The summed E-state index contributed by atoms with van der Waals surface area (Å²) in [7, 11) is 0. The van der Waals surface area contributed by atoms with Gasteiger partial charge in [0.1, 0.15) is 6.10 Å². The van der Waals surface area contributed by atoms with Gasteiger partial charge in [0.05, 0.1) is 17.4 Å². The Balaban J connectivity index is 1.34. The van der Waals surface area contributed by atoms with Gasteiger partial charge in [-0.2, -0.15) is 0 Å². The van der Waals surface area contributed by atoms with Crippen LogP contribution in [0.5, 0.6) is 0 Å². The largest absolute Gasteiger partial charge is 0.463 e. The van der Waals surface area contributed by atoms with Gasteiger partial charge < -0.3 is 18.9 Å². The van der Waals surface area contributed by atoms with Gasteiger partial charge in [-0.05, 0) is 46.5 Å². The van der Waals surface area contributed by atoms with E-state index in [9.17, 15) is 19.2 Å². The van der Waals surface area contributed by atoms with Gasteiger partial charge in [0.2, 0.25) is 11.2 Å². The SMILES string of the molecule is CC(CCOC(=O)C12CCC(C)(C(=O)O1)C2(C)C)OC(=O)C12CCC(C)(C(=O)O1)C2(C)C. The summed E-state index contributed by atoms with van der Waals surface area (Å²) >= 11 is 0. The van der Waals surface area contributed by atoms with Crippen molar-refractivity contribution in [3.8, 4) is 0 Å². The predicted molar refractivity (Wildman–Crippen MR) is 111 cm³/mol. The minimum Gasteiger partial charge on any atom is -0.463 e. The van der Waals surface area contributed by atoms with E-state index in [1.807, 2.05) is 41.5 Å². The zero-order valence-corrected chi connectivity index (χ0v) is 20.1. The van der Waals surface area contributed by atoms with E-state index >= 15 is 0 Å². The van der Waals surface area contributed by atoms with Crippen LogP contribution in [0.15, 0.2) is 0 Å². The molecular formula is C24H34O8. The zero-order chi connectivity index (χ0) is 24.0. The highest BCUT2D eigenvalue weighted by Gasteiger charge is 2.77. The summed E-state index contributed by atoms with van der Waals surface area (Å²) in [4.78, 5) is 50.7. The maximum Gasteiger partial charge on any atom is 0.351 e. The number of hydrogen-bond acceptors (Lipinski definition) is 8. The molecule has 2 saturated carbocycles. The van der Waals surface area contributed by atoms with Crippen LogP contribution < -0.4 is 0 Å². The third-order valence-electron chi connectivity index (χ3n) is 9.89. The Kier molecular flexibility index (Phi) is 4.66. The van der Waals surface area contributed by atoms with Gasteiger partial charge in [-0.1, -0.05) is 27.7 Å². The molecule has 0 spiro atoms. The van der Waals surface area contributed by atoms with Crippen LogP contribution in [0.1, 0.15) is 80.6 Å². The van der Waals surface area contributed by atoms with Crippen LogP contribution in [0, 0.1) is 21.7 Å². The first-order valence-electron chi connectivity index (χ1n) is 11.5. The molecule has 0 radical (unpaired) electrons. The van der Waals surface area contributed by atoms with Crippen molar-refractivity contribution >= 4 is 23.9 Å². The summed E-state index contributed by atoms with van der Waals surface area (Å²) in [5.74, 6) is -1.81. The van der Waals surface area contributed by atoms with Crippen LogP contribution in [-0.4, -0.2) is 47.8 Å². The highest BCUT2D eigenvalue weighted by molar-refractivity contribution is 5.94. The lowest BCUT2D eigenvalue weighted by Crippen LogP contribution is -2.50. The van der Waals surface area contributed by atoms with Crippen molar-refractivity contribution < 1.29 is 38.1 Å². The Morgan fingerprint density at radius 2 is 1.25 bits per heavy atom. The number of hydrogen-bond donors (Lipinski definition) is 0. The molecule has 0 aromatic heterocycles. The normalized spacial score (nSPS) is 41.2. The fraction of sp³-hybridized carbons (Fsp3) is 0.833. The van der Waals surface area contributed by atoms with Crippen molar-refractivity contribution in [2.75, 3.05) is 6.61 Å². The molecule has 4 bridgehead atoms. The molecule has 0 aromatic carbocycles. The van der Waals surface area contributed by atoms with Gasteiger partial charge in [-0.15, -0.1) is 0 Å². The fourth-order valence-corrected chi connectivity index (χ4v) is 6.18. The van der Waals surface area contributed by atoms with Crippen LogP contribution in [0.2, 0.25) is 0 Å². The van der Waals surface area contributed by atoms with Gasteiger partial charge in [0.15, 0.2) is 0 Å². The molecule has 4 aliphatic rings. The summed E-state index contributed by atoms with van der Waals surface area (Å²) in [6, 6.07) is 0. The van der Waals surface area contributed by atoms with Crippen LogP contribution in [-0.2, 0) is 38.1 Å². The smallest absolute Gasteiger partial charge is 0.351 e. The van der Waals surface area contributed by atoms with Crippen molar-refractivity contribution in [3.63, 3.8) is 0 Å². The van der Waals surface area contributed by atoms with Crippen molar-refractivity contribution in [2.24, 2.45) is 21.7 Å². The summed E-state index contributed by atoms with van der Waals surface area (Å²) in [6.07, 6.45) is 1.77. The molecule has 8 nitrogen and oxygen atoms in total. The van der Waals surface area contributed by atoms with Crippen molar-refractivity contribution in [1.82, 2.24) is 0 Å². The minimum atomic E-state index is -1.28. The number of carbonyl (C=O) groups excluding carboxylic acids is 4. The number of rotatable bonds is 6. The Hall–Kier alpha value is -2.12. The van der Waals surface area contributed by atoms with E-state index in [0.717, 1.165) is 0 Å². The summed E-state index contributed by atoms with van der Waals surface area (Å²) in [5.41, 5.74) is -5.29. The molecule has 4 fully saturated rings. The molecule has 8 heteroatoms. The van der Waals surface area contributed by atoms with Gasteiger partial charge >= 0.3 is 23.9 Å². The van der Waals surface area contributed by atoms with E-state index in [0.29, 0.717) is 25.7 Å². The molecule has 0 N–H and O–H groups in total. The van der Waals surface area contributed by atoms with Gasteiger partial charge in [0, 0.05) is 17.3 Å². The first-order valence-corrected chi connectivity index (χ1v) is 11.5. The topological polar surface area (TPSA) is 105 Å². The highest BCUT2D eigenvalue weighted by atomic mass is 16.6. The molecule has 32 heavy (non-hydrogen) atoms. The van der Waals surface area contributed by atoms with E-state index < -0.39 is 50.9 Å². The van der Waals surface area contributed by atoms with Gasteiger partial charge in [-0.3, -0.25) is 9.59 Å². The van der Waals surface area contributed by atoms with E-state index in [-0.39, 0.29) is 25.0 Å². The third kappa shape index (κ3) is 2.39.